The molecular weight excluding hydrogens is 296 g/mol. The Balaban J connectivity index is 1.96. The lowest BCUT2D eigenvalue weighted by Gasteiger charge is -2.10. The van der Waals surface area contributed by atoms with Gasteiger partial charge in [0.25, 0.3) is 0 Å². The Morgan fingerprint density at radius 1 is 0.750 bits per heavy atom. The summed E-state index contributed by atoms with van der Waals surface area (Å²) >= 11 is 0. The van der Waals surface area contributed by atoms with Crippen molar-refractivity contribution in [1.82, 2.24) is 0 Å². The lowest BCUT2D eigenvalue weighted by molar-refractivity contribution is 0.420. The topological polar surface area (TPSA) is 20.5 Å². The van der Waals surface area contributed by atoms with Crippen molar-refractivity contribution in [3.05, 3.63) is 72.8 Å². The van der Waals surface area contributed by atoms with E-state index in [4.69, 9.17) is 9.15 Å². The molecule has 5 rings (SSSR count). The fourth-order valence-corrected chi connectivity index (χ4v) is 3.54. The van der Waals surface area contributed by atoms with Crippen LogP contribution in [-0.4, -0.2) is 7.11 Å². The number of benzene rings is 4. The van der Waals surface area contributed by atoms with Gasteiger partial charge < -0.3 is 4.74 Å². The van der Waals surface area contributed by atoms with Crippen molar-refractivity contribution in [2.45, 2.75) is 0 Å². The van der Waals surface area contributed by atoms with Crippen LogP contribution in [0.2, 0.25) is 0 Å². The van der Waals surface area contributed by atoms with Gasteiger partial charge in [0, 0.05) is 22.2 Å². The molecule has 0 aliphatic rings. The standard InChI is InChI=1S/C22H15O2/c1-23-20-13-16-12-19(14-6-3-2-4-7-14)24-18-11-10-15-8-5-9-17(20)21(15)22(16)18/h2-13H,1H3/q+1. The molecule has 24 heavy (non-hydrogen) atoms. The average molecular weight is 311 g/mol. The van der Waals surface area contributed by atoms with Gasteiger partial charge >= 0.3 is 11.3 Å². The van der Waals surface area contributed by atoms with Crippen LogP contribution in [0.3, 0.4) is 0 Å². The molecule has 0 aliphatic heterocycles. The van der Waals surface area contributed by atoms with Crippen LogP contribution in [0.1, 0.15) is 0 Å². The predicted molar refractivity (Wildman–Crippen MR) is 98.8 cm³/mol. The van der Waals surface area contributed by atoms with Gasteiger partial charge in [0.1, 0.15) is 5.75 Å². The summed E-state index contributed by atoms with van der Waals surface area (Å²) in [5.74, 6) is 1.76. The van der Waals surface area contributed by atoms with Crippen LogP contribution in [0.25, 0.3) is 43.8 Å². The number of hydrogen-bond donors (Lipinski definition) is 0. The second kappa shape index (κ2) is 4.93. The van der Waals surface area contributed by atoms with E-state index in [-0.39, 0.29) is 0 Å². The van der Waals surface area contributed by atoms with Crippen molar-refractivity contribution in [2.24, 2.45) is 0 Å². The Morgan fingerprint density at radius 3 is 2.46 bits per heavy atom. The third-order valence-electron chi connectivity index (χ3n) is 4.63. The molecule has 4 aromatic carbocycles. The summed E-state index contributed by atoms with van der Waals surface area (Å²) in [6.45, 7) is 0. The predicted octanol–water partition coefficient (Wildman–Crippen LogP) is 6.13. The Bertz CT molecular complexity index is 1180. The number of methoxy groups -OCH3 is 1. The van der Waals surface area contributed by atoms with Gasteiger partial charge in [-0.25, -0.2) is 4.42 Å². The third-order valence-corrected chi connectivity index (χ3v) is 4.63. The van der Waals surface area contributed by atoms with Crippen LogP contribution in [-0.2, 0) is 0 Å². The van der Waals surface area contributed by atoms with Crippen LogP contribution < -0.4 is 4.74 Å². The molecule has 0 aliphatic carbocycles. The molecule has 2 nitrogen and oxygen atoms in total. The Morgan fingerprint density at radius 2 is 1.62 bits per heavy atom. The summed E-state index contributed by atoms with van der Waals surface area (Å²) in [4.78, 5) is 0. The molecule has 114 valence electrons. The smallest absolute Gasteiger partial charge is 0.362 e. The summed E-state index contributed by atoms with van der Waals surface area (Å²) in [7, 11) is 1.72. The van der Waals surface area contributed by atoms with Gasteiger partial charge in [0.05, 0.1) is 24.1 Å². The molecule has 0 fully saturated rings. The normalized spacial score (nSPS) is 11.5. The second-order valence-corrected chi connectivity index (χ2v) is 5.99. The van der Waals surface area contributed by atoms with E-state index in [1.165, 1.54) is 10.8 Å². The van der Waals surface area contributed by atoms with E-state index in [0.29, 0.717) is 0 Å². The molecule has 0 saturated carbocycles. The van der Waals surface area contributed by atoms with Gasteiger partial charge in [-0.1, -0.05) is 36.4 Å². The van der Waals surface area contributed by atoms with Gasteiger partial charge in [0.2, 0.25) is 0 Å². The number of hydrogen-bond acceptors (Lipinski definition) is 1. The molecule has 1 aromatic heterocycles. The second-order valence-electron chi connectivity index (χ2n) is 5.99. The van der Waals surface area contributed by atoms with Crippen molar-refractivity contribution in [3.8, 4) is 17.1 Å². The summed E-state index contributed by atoms with van der Waals surface area (Å²) in [5.41, 5.74) is 1.97. The first-order valence-electron chi connectivity index (χ1n) is 7.99. The van der Waals surface area contributed by atoms with E-state index in [9.17, 15) is 0 Å². The zero-order valence-electron chi connectivity index (χ0n) is 13.2. The molecule has 0 bridgehead atoms. The number of ether oxygens (including phenoxy) is 1. The van der Waals surface area contributed by atoms with Gasteiger partial charge in [-0.3, -0.25) is 0 Å². The molecular formula is C22H15O2+. The van der Waals surface area contributed by atoms with Gasteiger partial charge in [-0.15, -0.1) is 0 Å². The highest BCUT2D eigenvalue weighted by atomic mass is 16.5. The molecule has 5 aromatic rings. The van der Waals surface area contributed by atoms with Crippen LogP contribution in [0.15, 0.2) is 77.2 Å². The first-order chi connectivity index (χ1) is 11.8. The SMILES string of the molecule is COc1cc2cc(-c3ccccc3)[o+]c3ccc4cccc1c4c23. The highest BCUT2D eigenvalue weighted by Crippen LogP contribution is 2.41. The van der Waals surface area contributed by atoms with Crippen molar-refractivity contribution >= 4 is 32.5 Å². The molecule has 0 spiro atoms. The lowest BCUT2D eigenvalue weighted by atomic mass is 9.96. The molecule has 0 saturated heterocycles. The van der Waals surface area contributed by atoms with E-state index >= 15 is 0 Å². The van der Waals surface area contributed by atoms with Gasteiger partial charge in [-0.2, -0.15) is 0 Å². The van der Waals surface area contributed by atoms with Crippen LogP contribution in [0, 0.1) is 0 Å². The Labute approximate surface area is 139 Å². The first kappa shape index (κ1) is 13.3. The minimum absolute atomic E-state index is 0.864. The summed E-state index contributed by atoms with van der Waals surface area (Å²) < 4.78 is 11.9. The molecule has 2 heteroatoms. The fraction of sp³-hybridized carbons (Fsp3) is 0.0455. The molecule has 0 N–H and O–H groups in total. The summed E-state index contributed by atoms with van der Waals surface area (Å²) in [6.07, 6.45) is 0. The van der Waals surface area contributed by atoms with Crippen molar-refractivity contribution in [3.63, 3.8) is 0 Å². The molecule has 0 atom stereocenters. The minimum Gasteiger partial charge on any atom is -0.496 e. The highest BCUT2D eigenvalue weighted by Gasteiger charge is 2.22. The lowest BCUT2D eigenvalue weighted by Crippen LogP contribution is -1.90. The van der Waals surface area contributed by atoms with Crippen molar-refractivity contribution < 1.29 is 9.15 Å². The minimum atomic E-state index is 0.864. The third kappa shape index (κ3) is 1.80. The molecule has 0 amide bonds. The van der Waals surface area contributed by atoms with E-state index in [0.717, 1.165) is 38.8 Å². The van der Waals surface area contributed by atoms with E-state index < -0.39 is 0 Å². The van der Waals surface area contributed by atoms with Crippen LogP contribution in [0.4, 0.5) is 0 Å². The Hall–Kier alpha value is -3.13. The van der Waals surface area contributed by atoms with Gasteiger partial charge in [-0.05, 0) is 29.7 Å². The van der Waals surface area contributed by atoms with Crippen LogP contribution in [0.5, 0.6) is 5.75 Å². The zero-order valence-corrected chi connectivity index (χ0v) is 13.2. The largest absolute Gasteiger partial charge is 0.496 e. The maximum Gasteiger partial charge on any atom is 0.362 e. The summed E-state index contributed by atoms with van der Waals surface area (Å²) in [5, 5.41) is 5.81. The van der Waals surface area contributed by atoms with E-state index in [1.54, 1.807) is 7.11 Å². The summed E-state index contributed by atoms with van der Waals surface area (Å²) in [6, 6.07) is 24.9. The van der Waals surface area contributed by atoms with Crippen molar-refractivity contribution in [1.29, 1.82) is 0 Å². The van der Waals surface area contributed by atoms with E-state index in [1.807, 2.05) is 18.2 Å². The average Bonchev–Trinajstić information content (AvgIpc) is 2.66. The zero-order chi connectivity index (χ0) is 16.1. The first-order valence-corrected chi connectivity index (χ1v) is 7.99. The molecule has 1 heterocycles. The van der Waals surface area contributed by atoms with Crippen LogP contribution >= 0.6 is 0 Å². The number of rotatable bonds is 2. The molecule has 0 unspecified atom stereocenters. The maximum absolute atomic E-state index is 6.22. The molecule has 0 radical (unpaired) electrons. The van der Waals surface area contributed by atoms with Crippen molar-refractivity contribution in [2.75, 3.05) is 7.11 Å². The maximum atomic E-state index is 6.22. The fourth-order valence-electron chi connectivity index (χ4n) is 3.54. The monoisotopic (exact) mass is 311 g/mol. The van der Waals surface area contributed by atoms with Gasteiger partial charge in [0.15, 0.2) is 0 Å². The Kier molecular flexibility index (Phi) is 2.74. The quantitative estimate of drug-likeness (QED) is 0.288. The van der Waals surface area contributed by atoms with E-state index in [2.05, 4.69) is 54.6 Å². The highest BCUT2D eigenvalue weighted by molar-refractivity contribution is 6.23.